The summed E-state index contributed by atoms with van der Waals surface area (Å²) in [5.74, 6) is 0. The number of aryl methyl sites for hydroxylation is 1. The molecule has 0 spiro atoms. The Labute approximate surface area is 169 Å². The van der Waals surface area contributed by atoms with E-state index in [-0.39, 0.29) is 24.0 Å². The van der Waals surface area contributed by atoms with Crippen LogP contribution in [0.3, 0.4) is 0 Å². The van der Waals surface area contributed by atoms with E-state index < -0.39 is 0 Å². The molecule has 0 N–H and O–H groups in total. The molecule has 0 saturated carbocycles. The van der Waals surface area contributed by atoms with Gasteiger partial charge in [-0.05, 0) is 29.8 Å². The smallest absolute Gasteiger partial charge is 0.213 e. The van der Waals surface area contributed by atoms with E-state index in [4.69, 9.17) is 11.6 Å². The molecule has 0 unspecified atom stereocenters. The van der Waals surface area contributed by atoms with Crippen molar-refractivity contribution in [2.24, 2.45) is 7.05 Å². The van der Waals surface area contributed by atoms with Crippen molar-refractivity contribution in [3.8, 4) is 0 Å². The normalized spacial score (nSPS) is 11.1. The van der Waals surface area contributed by atoms with Crippen LogP contribution in [0.15, 0.2) is 72.8 Å². The number of para-hydroxylation sites is 2. The van der Waals surface area contributed by atoms with Gasteiger partial charge in [-0.25, -0.2) is 0 Å². The van der Waals surface area contributed by atoms with Crippen molar-refractivity contribution in [3.05, 3.63) is 88.9 Å². The zero-order chi connectivity index (χ0) is 16.5. The molecule has 4 rings (SSSR count). The number of nitrogens with zero attached hydrogens (tertiary/aromatic N) is 1. The molecule has 0 radical (unpaired) electrons. The quantitative estimate of drug-likeness (QED) is 0.248. The molecule has 0 aliphatic rings. The third-order valence-electron chi connectivity index (χ3n) is 4.42. The molecule has 3 heteroatoms. The topological polar surface area (TPSA) is 3.88 Å². The fourth-order valence-electron chi connectivity index (χ4n) is 3.20. The summed E-state index contributed by atoms with van der Waals surface area (Å²) in [5, 5.41) is 3.27. The minimum atomic E-state index is 0. The zero-order valence-electron chi connectivity index (χ0n) is 13.8. The average Bonchev–Trinajstić information content (AvgIpc) is 2.63. The van der Waals surface area contributed by atoms with Crippen LogP contribution < -0.4 is 28.5 Å². The second kappa shape index (κ2) is 7.54. The van der Waals surface area contributed by atoms with E-state index in [0.717, 1.165) is 10.6 Å². The summed E-state index contributed by atoms with van der Waals surface area (Å²) in [6.45, 7) is 0. The molecule has 3 aromatic carbocycles. The minimum Gasteiger partial charge on any atom is -1.00 e. The minimum absolute atomic E-state index is 0. The van der Waals surface area contributed by atoms with Crippen LogP contribution in [-0.2, 0) is 7.05 Å². The van der Waals surface area contributed by atoms with Crippen LogP contribution in [0.2, 0.25) is 5.02 Å². The van der Waals surface area contributed by atoms with Gasteiger partial charge in [0, 0.05) is 22.7 Å². The Bertz CT molecular complexity index is 1010. The lowest BCUT2D eigenvalue weighted by atomic mass is 10.0. The molecule has 1 heterocycles. The molecular formula is C22H17ClIN. The van der Waals surface area contributed by atoms with Crippen molar-refractivity contribution in [1.82, 2.24) is 0 Å². The summed E-state index contributed by atoms with van der Waals surface area (Å²) in [6, 6.07) is 25.0. The van der Waals surface area contributed by atoms with Crippen LogP contribution in [0.5, 0.6) is 0 Å². The maximum atomic E-state index is 5.98. The van der Waals surface area contributed by atoms with E-state index in [2.05, 4.69) is 72.3 Å². The highest BCUT2D eigenvalue weighted by molar-refractivity contribution is 6.30. The molecule has 0 bridgehead atoms. The molecule has 25 heavy (non-hydrogen) atoms. The first kappa shape index (κ1) is 17.9. The van der Waals surface area contributed by atoms with Gasteiger partial charge in [0.05, 0.1) is 10.8 Å². The Balaban J connectivity index is 0.00000182. The first-order valence-electron chi connectivity index (χ1n) is 7.97. The van der Waals surface area contributed by atoms with Crippen molar-refractivity contribution in [2.45, 2.75) is 0 Å². The first-order chi connectivity index (χ1) is 11.7. The summed E-state index contributed by atoms with van der Waals surface area (Å²) >= 11 is 5.98. The van der Waals surface area contributed by atoms with Gasteiger partial charge < -0.3 is 24.0 Å². The molecule has 124 valence electrons. The Hall–Kier alpha value is -1.91. The molecule has 0 atom stereocenters. The molecule has 1 nitrogen and oxygen atoms in total. The van der Waals surface area contributed by atoms with Gasteiger partial charge in [-0.2, -0.15) is 4.57 Å². The number of hydrogen-bond acceptors (Lipinski definition) is 0. The SMILES string of the molecule is C[n+]1c2ccccc2c(/C=C/c2ccc(Cl)cc2)c2ccccc21.[I-]. The van der Waals surface area contributed by atoms with Gasteiger partial charge >= 0.3 is 0 Å². The fraction of sp³-hybridized carbons (Fsp3) is 0.0455. The highest BCUT2D eigenvalue weighted by Crippen LogP contribution is 2.26. The number of aromatic nitrogens is 1. The maximum absolute atomic E-state index is 5.98. The predicted molar refractivity (Wildman–Crippen MR) is 103 cm³/mol. The van der Waals surface area contributed by atoms with Gasteiger partial charge in [-0.1, -0.05) is 60.2 Å². The van der Waals surface area contributed by atoms with Crippen LogP contribution in [0.25, 0.3) is 34.0 Å². The van der Waals surface area contributed by atoms with Gasteiger partial charge in [0.15, 0.2) is 0 Å². The zero-order valence-corrected chi connectivity index (χ0v) is 16.7. The molecule has 1 aromatic heterocycles. The number of pyridine rings is 1. The first-order valence-corrected chi connectivity index (χ1v) is 8.35. The van der Waals surface area contributed by atoms with E-state index in [1.54, 1.807) is 0 Å². The van der Waals surface area contributed by atoms with E-state index in [9.17, 15) is 0 Å². The lowest BCUT2D eigenvalue weighted by molar-refractivity contribution is -0.617. The number of halogens is 2. The molecular weight excluding hydrogens is 441 g/mol. The summed E-state index contributed by atoms with van der Waals surface area (Å²) in [4.78, 5) is 0. The highest BCUT2D eigenvalue weighted by Gasteiger charge is 2.15. The third kappa shape index (κ3) is 3.42. The van der Waals surface area contributed by atoms with Gasteiger partial charge in [0.25, 0.3) is 0 Å². The van der Waals surface area contributed by atoms with Crippen LogP contribution in [0.4, 0.5) is 0 Å². The number of rotatable bonds is 2. The lowest BCUT2D eigenvalue weighted by Gasteiger charge is -2.07. The third-order valence-corrected chi connectivity index (χ3v) is 4.68. The van der Waals surface area contributed by atoms with E-state index in [1.807, 2.05) is 24.3 Å². The summed E-state index contributed by atoms with van der Waals surface area (Å²) in [5.41, 5.74) is 4.84. The van der Waals surface area contributed by atoms with E-state index in [1.165, 1.54) is 27.4 Å². The molecule has 0 aliphatic carbocycles. The monoisotopic (exact) mass is 457 g/mol. The average molecular weight is 458 g/mol. The van der Waals surface area contributed by atoms with Crippen LogP contribution in [0.1, 0.15) is 11.1 Å². The Kier molecular flexibility index (Phi) is 5.40. The largest absolute Gasteiger partial charge is 1.00 e. The van der Waals surface area contributed by atoms with E-state index in [0.29, 0.717) is 0 Å². The summed E-state index contributed by atoms with van der Waals surface area (Å²) in [7, 11) is 2.12. The van der Waals surface area contributed by atoms with Crippen molar-refractivity contribution in [3.63, 3.8) is 0 Å². The van der Waals surface area contributed by atoms with Gasteiger partial charge in [0.2, 0.25) is 11.0 Å². The van der Waals surface area contributed by atoms with Crippen LogP contribution >= 0.6 is 11.6 Å². The highest BCUT2D eigenvalue weighted by atomic mass is 127. The molecule has 0 saturated heterocycles. The molecule has 0 amide bonds. The van der Waals surface area contributed by atoms with Gasteiger partial charge in [0.1, 0.15) is 7.05 Å². The van der Waals surface area contributed by atoms with Crippen molar-refractivity contribution in [2.75, 3.05) is 0 Å². The standard InChI is InChI=1S/C22H17ClN.HI/c1-24-21-8-4-2-6-19(21)18(20-7-3-5-9-22(20)24)15-12-16-10-13-17(23)14-11-16;/h2-15H,1H3;1H/q+1;/p-1/b15-12+;. The Morgan fingerprint density at radius 1 is 0.720 bits per heavy atom. The predicted octanol–water partition coefficient (Wildman–Crippen LogP) is 2.65. The second-order valence-electron chi connectivity index (χ2n) is 5.89. The Morgan fingerprint density at radius 3 is 1.80 bits per heavy atom. The van der Waals surface area contributed by atoms with Crippen LogP contribution in [0, 0.1) is 0 Å². The lowest BCUT2D eigenvalue weighted by Crippen LogP contribution is -3.00. The number of benzene rings is 3. The summed E-state index contributed by atoms with van der Waals surface area (Å²) in [6.07, 6.45) is 4.35. The van der Waals surface area contributed by atoms with Crippen LogP contribution in [-0.4, -0.2) is 0 Å². The van der Waals surface area contributed by atoms with Crippen molar-refractivity contribution < 1.29 is 28.5 Å². The molecule has 0 aliphatic heterocycles. The van der Waals surface area contributed by atoms with Gasteiger partial charge in [-0.15, -0.1) is 0 Å². The summed E-state index contributed by atoms with van der Waals surface area (Å²) < 4.78 is 2.25. The second-order valence-corrected chi connectivity index (χ2v) is 6.33. The maximum Gasteiger partial charge on any atom is 0.213 e. The molecule has 0 fully saturated rings. The molecule has 4 aromatic rings. The fourth-order valence-corrected chi connectivity index (χ4v) is 3.32. The Morgan fingerprint density at radius 2 is 1.24 bits per heavy atom. The van der Waals surface area contributed by atoms with Crippen molar-refractivity contribution in [1.29, 1.82) is 0 Å². The van der Waals surface area contributed by atoms with Crippen molar-refractivity contribution >= 4 is 45.6 Å². The van der Waals surface area contributed by atoms with Gasteiger partial charge in [-0.3, -0.25) is 0 Å². The number of hydrogen-bond donors (Lipinski definition) is 0. The van der Waals surface area contributed by atoms with E-state index >= 15 is 0 Å². The number of fused-ring (bicyclic) bond motifs is 2.